The number of para-hydroxylation sites is 1. The zero-order valence-corrected chi connectivity index (χ0v) is 30.1. The first-order valence-corrected chi connectivity index (χ1v) is 16.7. The molecule has 0 aliphatic carbocycles. The summed E-state index contributed by atoms with van der Waals surface area (Å²) in [6.07, 6.45) is 0.577. The van der Waals surface area contributed by atoms with Crippen LogP contribution in [-0.2, 0) is 30.3 Å². The zero-order valence-electron chi connectivity index (χ0n) is 29.2. The molecule has 0 aliphatic rings. The lowest BCUT2D eigenvalue weighted by Crippen LogP contribution is -2.57. The molecule has 0 saturated heterocycles. The van der Waals surface area contributed by atoms with Crippen LogP contribution in [0, 0.1) is 5.92 Å². The van der Waals surface area contributed by atoms with Crippen LogP contribution < -0.4 is 10.6 Å². The number of hydrogen-bond donors (Lipinski definition) is 4. The number of rotatable bonds is 14. The molecule has 0 bridgehead atoms. The van der Waals surface area contributed by atoms with Crippen LogP contribution in [0.15, 0.2) is 54.6 Å². The maximum Gasteiger partial charge on any atom is 0.408 e. The highest BCUT2D eigenvalue weighted by molar-refractivity contribution is 7.80. The van der Waals surface area contributed by atoms with E-state index in [1.807, 2.05) is 37.3 Å². The summed E-state index contributed by atoms with van der Waals surface area (Å²) in [5, 5.41) is 16.5. The molecule has 0 spiro atoms. The molecule has 0 fully saturated rings. The molecule has 4 unspecified atom stereocenters. The van der Waals surface area contributed by atoms with Gasteiger partial charge in [-0.3, -0.25) is 9.59 Å². The van der Waals surface area contributed by atoms with E-state index in [1.54, 1.807) is 59.7 Å². The van der Waals surface area contributed by atoms with Gasteiger partial charge in [-0.05, 0) is 78.9 Å². The molecule has 3 amide bonds. The van der Waals surface area contributed by atoms with Crippen molar-refractivity contribution < 1.29 is 33.8 Å². The van der Waals surface area contributed by atoms with Gasteiger partial charge in [0.2, 0.25) is 11.8 Å². The number of thiol groups is 1. The van der Waals surface area contributed by atoms with Crippen molar-refractivity contribution in [3.8, 4) is 5.75 Å². The lowest BCUT2D eigenvalue weighted by molar-refractivity contribution is -0.159. The summed E-state index contributed by atoms with van der Waals surface area (Å²) in [7, 11) is 0. The minimum Gasteiger partial charge on any atom is -0.508 e. The summed E-state index contributed by atoms with van der Waals surface area (Å²) in [4.78, 5) is 56.6. The van der Waals surface area contributed by atoms with Gasteiger partial charge in [0, 0.05) is 23.8 Å². The van der Waals surface area contributed by atoms with Crippen LogP contribution in [0.2, 0.25) is 0 Å². The monoisotopic (exact) mass is 671 g/mol. The van der Waals surface area contributed by atoms with Gasteiger partial charge in [0.15, 0.2) is 0 Å². The predicted octanol–water partition coefficient (Wildman–Crippen LogP) is 5.98. The summed E-state index contributed by atoms with van der Waals surface area (Å²) in [5.41, 5.74) is -0.689. The first-order valence-electron chi connectivity index (χ1n) is 16.1. The number of phenols is 1. The Morgan fingerprint density at radius 1 is 0.809 bits per heavy atom. The SMILES string of the molecule is CC(C)CCC(C)N(C(=O)C(CS)NC(=O)OC(C)(C)C)C(C(=O)NC(Cc1ccccc1)C(=O)OC(C)(C)C)c1ccccc1O. The number of benzene rings is 2. The lowest BCUT2D eigenvalue weighted by Gasteiger charge is -2.39. The number of ether oxygens (including phenoxy) is 2. The van der Waals surface area contributed by atoms with Crippen molar-refractivity contribution in [2.45, 2.75) is 117 Å². The van der Waals surface area contributed by atoms with Gasteiger partial charge in [0.1, 0.15) is 35.1 Å². The molecule has 3 N–H and O–H groups in total. The highest BCUT2D eigenvalue weighted by Crippen LogP contribution is 2.33. The Bertz CT molecular complexity index is 1340. The maximum atomic E-state index is 14.5. The number of nitrogens with one attached hydrogen (secondary N) is 2. The van der Waals surface area contributed by atoms with E-state index in [2.05, 4.69) is 37.1 Å². The van der Waals surface area contributed by atoms with Gasteiger partial charge < -0.3 is 30.1 Å². The van der Waals surface area contributed by atoms with Crippen LogP contribution in [0.5, 0.6) is 5.75 Å². The number of aromatic hydroxyl groups is 1. The van der Waals surface area contributed by atoms with Crippen molar-refractivity contribution in [1.82, 2.24) is 15.5 Å². The molecular formula is C36H53N3O7S. The van der Waals surface area contributed by atoms with Crippen molar-refractivity contribution >= 4 is 36.5 Å². The van der Waals surface area contributed by atoms with Gasteiger partial charge in [-0.1, -0.05) is 62.4 Å². The maximum absolute atomic E-state index is 14.5. The molecule has 0 aliphatic heterocycles. The zero-order chi connectivity index (χ0) is 35.5. The minimum atomic E-state index is -1.38. The van der Waals surface area contributed by atoms with Gasteiger partial charge in [-0.2, -0.15) is 12.6 Å². The van der Waals surface area contributed by atoms with Crippen LogP contribution in [0.3, 0.4) is 0 Å². The Morgan fingerprint density at radius 3 is 1.91 bits per heavy atom. The molecule has 11 heteroatoms. The topological polar surface area (TPSA) is 134 Å². The lowest BCUT2D eigenvalue weighted by atomic mass is 9.96. The van der Waals surface area contributed by atoms with Crippen LogP contribution in [0.25, 0.3) is 0 Å². The number of carbonyl (C=O) groups excluding carboxylic acids is 4. The van der Waals surface area contributed by atoms with E-state index in [0.717, 1.165) is 12.0 Å². The second kappa shape index (κ2) is 17.4. The fourth-order valence-electron chi connectivity index (χ4n) is 4.93. The third kappa shape index (κ3) is 13.1. The molecule has 260 valence electrons. The molecule has 0 aromatic heterocycles. The van der Waals surface area contributed by atoms with Gasteiger partial charge in [-0.15, -0.1) is 0 Å². The van der Waals surface area contributed by atoms with E-state index in [-0.39, 0.29) is 23.5 Å². The van der Waals surface area contributed by atoms with Crippen molar-refractivity contribution in [2.75, 3.05) is 5.75 Å². The first-order chi connectivity index (χ1) is 21.8. The fourth-order valence-corrected chi connectivity index (χ4v) is 5.18. The molecule has 47 heavy (non-hydrogen) atoms. The van der Waals surface area contributed by atoms with Gasteiger partial charge in [0.05, 0.1) is 0 Å². The molecule has 2 aromatic rings. The van der Waals surface area contributed by atoms with Gasteiger partial charge >= 0.3 is 12.1 Å². The van der Waals surface area contributed by atoms with Crippen molar-refractivity contribution in [2.24, 2.45) is 5.92 Å². The normalized spacial score (nSPS) is 14.4. The second-order valence-corrected chi connectivity index (χ2v) is 14.6. The number of hydrogen-bond acceptors (Lipinski definition) is 8. The summed E-state index contributed by atoms with van der Waals surface area (Å²) >= 11 is 4.37. The highest BCUT2D eigenvalue weighted by Gasteiger charge is 2.41. The smallest absolute Gasteiger partial charge is 0.408 e. The Labute approximate surface area is 285 Å². The molecule has 0 heterocycles. The standard InChI is InChI=1S/C36H53N3O7S/c1-23(2)19-20-24(3)39(32(42)28(22-47)38-34(44)46-36(7,8)9)30(26-17-13-14-18-29(26)40)31(41)37-27(33(43)45-35(4,5)6)21-25-15-11-10-12-16-25/h10-18,23-24,27-28,30,40,47H,19-22H2,1-9H3,(H,37,41)(H,38,44). The van der Waals surface area contributed by atoms with Gasteiger partial charge in [0.25, 0.3) is 0 Å². The van der Waals surface area contributed by atoms with Crippen LogP contribution in [0.1, 0.15) is 92.3 Å². The van der Waals surface area contributed by atoms with Crippen LogP contribution in [-0.4, -0.2) is 69.0 Å². The molecule has 0 radical (unpaired) electrons. The van der Waals surface area contributed by atoms with Crippen LogP contribution in [0.4, 0.5) is 4.79 Å². The number of carbonyl (C=O) groups is 4. The van der Waals surface area contributed by atoms with Crippen molar-refractivity contribution in [3.05, 3.63) is 65.7 Å². The molecule has 4 atom stereocenters. The quantitative estimate of drug-likeness (QED) is 0.143. The average Bonchev–Trinajstić information content (AvgIpc) is 2.96. The van der Waals surface area contributed by atoms with E-state index < -0.39 is 59.2 Å². The number of phenolic OH excluding ortho intramolecular Hbond substituents is 1. The number of alkyl carbamates (subject to hydrolysis) is 1. The van der Waals surface area contributed by atoms with Crippen LogP contribution >= 0.6 is 12.6 Å². The molecule has 2 aromatic carbocycles. The van der Waals surface area contributed by atoms with Crippen molar-refractivity contribution in [3.63, 3.8) is 0 Å². The fraction of sp³-hybridized carbons (Fsp3) is 0.556. The Balaban J connectivity index is 2.66. The summed E-state index contributed by atoms with van der Waals surface area (Å²) in [6, 6.07) is 11.3. The minimum absolute atomic E-state index is 0.0882. The summed E-state index contributed by atoms with van der Waals surface area (Å²) in [6.45, 7) is 16.3. The molecule has 10 nitrogen and oxygen atoms in total. The Hall–Kier alpha value is -3.73. The number of amides is 3. The Morgan fingerprint density at radius 2 is 1.38 bits per heavy atom. The van der Waals surface area contributed by atoms with Gasteiger partial charge in [-0.25, -0.2) is 9.59 Å². The molecule has 0 saturated carbocycles. The number of nitrogens with zero attached hydrogens (tertiary/aromatic N) is 1. The Kier molecular flexibility index (Phi) is 14.6. The largest absolute Gasteiger partial charge is 0.508 e. The highest BCUT2D eigenvalue weighted by atomic mass is 32.1. The third-order valence-electron chi connectivity index (χ3n) is 7.11. The molecular weight excluding hydrogens is 618 g/mol. The summed E-state index contributed by atoms with van der Waals surface area (Å²) < 4.78 is 11.1. The van der Waals surface area contributed by atoms with E-state index in [4.69, 9.17) is 9.47 Å². The molecule has 2 rings (SSSR count). The van der Waals surface area contributed by atoms with Crippen molar-refractivity contribution in [1.29, 1.82) is 0 Å². The van der Waals surface area contributed by atoms with E-state index >= 15 is 0 Å². The summed E-state index contributed by atoms with van der Waals surface area (Å²) in [5.74, 6) is -1.93. The predicted molar refractivity (Wildman–Crippen MR) is 186 cm³/mol. The number of esters is 1. The van der Waals surface area contributed by atoms with E-state index in [1.165, 1.54) is 11.0 Å². The average molecular weight is 672 g/mol. The van der Waals surface area contributed by atoms with E-state index in [9.17, 15) is 24.3 Å². The third-order valence-corrected chi connectivity index (χ3v) is 7.48. The van der Waals surface area contributed by atoms with E-state index in [0.29, 0.717) is 12.3 Å². The second-order valence-electron chi connectivity index (χ2n) is 14.2. The first kappa shape index (κ1) is 39.4.